The first kappa shape index (κ1) is 15.7. The molecule has 2 rings (SSSR count). The third kappa shape index (κ3) is 4.99. The number of carbonyl (C=O) groups excluding carboxylic acids is 1. The number of hydrogen-bond acceptors (Lipinski definition) is 4. The van der Waals surface area contributed by atoms with Crippen molar-refractivity contribution >= 4 is 12.0 Å². The monoisotopic (exact) mass is 288 g/mol. The van der Waals surface area contributed by atoms with Crippen molar-refractivity contribution in [3.05, 3.63) is 41.5 Å². The minimum absolute atomic E-state index is 0.331. The lowest BCUT2D eigenvalue weighted by atomic mass is 10.1. The number of hydrogen-bond donors (Lipinski definition) is 1. The topological polar surface area (TPSA) is 41.6 Å². The highest BCUT2D eigenvalue weighted by molar-refractivity contribution is 5.86. The molecule has 0 saturated carbocycles. The van der Waals surface area contributed by atoms with Crippen molar-refractivity contribution in [2.75, 3.05) is 20.2 Å². The molecule has 0 aromatic heterocycles. The van der Waals surface area contributed by atoms with E-state index >= 15 is 0 Å². The van der Waals surface area contributed by atoms with E-state index < -0.39 is 0 Å². The van der Waals surface area contributed by atoms with E-state index in [0.717, 1.165) is 25.2 Å². The maximum Gasteiger partial charge on any atom is 0.330 e. The van der Waals surface area contributed by atoms with Crippen LogP contribution >= 0.6 is 0 Å². The van der Waals surface area contributed by atoms with Gasteiger partial charge in [-0.1, -0.05) is 24.3 Å². The summed E-state index contributed by atoms with van der Waals surface area (Å²) in [6.07, 6.45) is 3.21. The maximum atomic E-state index is 11.1. The van der Waals surface area contributed by atoms with Crippen LogP contribution in [0.3, 0.4) is 0 Å². The fourth-order valence-corrected chi connectivity index (χ4v) is 2.79. The van der Waals surface area contributed by atoms with Crippen LogP contribution in [0.4, 0.5) is 0 Å². The van der Waals surface area contributed by atoms with E-state index in [1.54, 1.807) is 6.08 Å². The first-order valence-electron chi connectivity index (χ1n) is 7.40. The molecule has 21 heavy (non-hydrogen) atoms. The summed E-state index contributed by atoms with van der Waals surface area (Å²) in [6.45, 7) is 7.58. The second-order valence-electron chi connectivity index (χ2n) is 5.76. The van der Waals surface area contributed by atoms with Gasteiger partial charge in [-0.2, -0.15) is 0 Å². The fourth-order valence-electron chi connectivity index (χ4n) is 2.79. The van der Waals surface area contributed by atoms with Gasteiger partial charge in [-0.15, -0.1) is 0 Å². The van der Waals surface area contributed by atoms with Crippen molar-refractivity contribution in [1.82, 2.24) is 10.2 Å². The van der Waals surface area contributed by atoms with Gasteiger partial charge in [-0.3, -0.25) is 4.90 Å². The average Bonchev–Trinajstić information content (AvgIpc) is 2.45. The van der Waals surface area contributed by atoms with Crippen LogP contribution in [0.15, 0.2) is 30.3 Å². The Morgan fingerprint density at radius 2 is 1.90 bits per heavy atom. The minimum Gasteiger partial charge on any atom is -0.466 e. The highest BCUT2D eigenvalue weighted by Crippen LogP contribution is 2.12. The molecule has 0 bridgehead atoms. The molecule has 0 aliphatic carbocycles. The van der Waals surface area contributed by atoms with Gasteiger partial charge in [0.1, 0.15) is 0 Å². The molecule has 0 amide bonds. The van der Waals surface area contributed by atoms with Crippen LogP contribution in [-0.2, 0) is 16.1 Å². The van der Waals surface area contributed by atoms with Crippen LogP contribution < -0.4 is 5.32 Å². The lowest BCUT2D eigenvalue weighted by molar-refractivity contribution is -0.134. The average molecular weight is 288 g/mol. The van der Waals surface area contributed by atoms with Crippen molar-refractivity contribution in [2.24, 2.45) is 0 Å². The predicted octanol–water partition coefficient (Wildman–Crippen LogP) is 2.05. The number of carbonyl (C=O) groups is 1. The lowest BCUT2D eigenvalue weighted by Crippen LogP contribution is -2.53. The van der Waals surface area contributed by atoms with Gasteiger partial charge >= 0.3 is 5.97 Å². The Kier molecular flexibility index (Phi) is 5.53. The number of esters is 1. The quantitative estimate of drug-likeness (QED) is 0.680. The molecule has 4 nitrogen and oxygen atoms in total. The van der Waals surface area contributed by atoms with Crippen LogP contribution in [0.2, 0.25) is 0 Å². The normalized spacial score (nSPS) is 23.4. The summed E-state index contributed by atoms with van der Waals surface area (Å²) in [5.41, 5.74) is 2.30. The van der Waals surface area contributed by atoms with Crippen LogP contribution in [0.25, 0.3) is 6.08 Å². The summed E-state index contributed by atoms with van der Waals surface area (Å²) < 4.78 is 4.58. The molecule has 1 saturated heterocycles. The van der Waals surface area contributed by atoms with Crippen molar-refractivity contribution in [3.8, 4) is 0 Å². The number of nitrogens with zero attached hydrogens (tertiary/aromatic N) is 1. The second kappa shape index (κ2) is 7.38. The fraction of sp³-hybridized carbons (Fsp3) is 0.471. The van der Waals surface area contributed by atoms with Gasteiger partial charge in [0, 0.05) is 37.8 Å². The summed E-state index contributed by atoms with van der Waals surface area (Å²) in [5.74, 6) is -0.331. The SMILES string of the molecule is COC(=O)C=Cc1ccc(CN2C[C@@H](C)N[C@@H](C)C2)cc1. The van der Waals surface area contributed by atoms with Gasteiger partial charge in [-0.25, -0.2) is 4.79 Å². The highest BCUT2D eigenvalue weighted by atomic mass is 16.5. The summed E-state index contributed by atoms with van der Waals surface area (Å²) in [6, 6.07) is 9.38. The third-order valence-corrected chi connectivity index (χ3v) is 3.63. The number of methoxy groups -OCH3 is 1. The molecule has 0 spiro atoms. The highest BCUT2D eigenvalue weighted by Gasteiger charge is 2.20. The molecule has 4 heteroatoms. The molecule has 0 unspecified atom stereocenters. The number of rotatable bonds is 4. The van der Waals surface area contributed by atoms with E-state index in [1.807, 2.05) is 12.1 Å². The number of piperazine rings is 1. The van der Waals surface area contributed by atoms with Crippen molar-refractivity contribution < 1.29 is 9.53 Å². The van der Waals surface area contributed by atoms with Crippen LogP contribution in [0.5, 0.6) is 0 Å². The molecule has 0 radical (unpaired) electrons. The Labute approximate surface area is 126 Å². The standard InChI is InChI=1S/C17H24N2O2/c1-13-10-19(11-14(2)18-13)12-16-6-4-15(5-7-16)8-9-17(20)21-3/h4-9,13-14,18H,10-12H2,1-3H3/t13-,14+. The Bertz CT molecular complexity index is 486. The predicted molar refractivity (Wildman–Crippen MR) is 84.8 cm³/mol. The zero-order valence-electron chi connectivity index (χ0n) is 13.0. The first-order chi connectivity index (χ1) is 10.1. The second-order valence-corrected chi connectivity index (χ2v) is 5.76. The van der Waals surface area contributed by atoms with Gasteiger partial charge in [0.2, 0.25) is 0 Å². The smallest absolute Gasteiger partial charge is 0.330 e. The maximum absolute atomic E-state index is 11.1. The molecule has 1 N–H and O–H groups in total. The lowest BCUT2D eigenvalue weighted by Gasteiger charge is -2.36. The molecule has 1 aliphatic rings. The van der Waals surface area contributed by atoms with Gasteiger partial charge < -0.3 is 10.1 Å². The first-order valence-corrected chi connectivity index (χ1v) is 7.40. The van der Waals surface area contributed by atoms with Gasteiger partial charge in [-0.05, 0) is 31.1 Å². The molecular formula is C17H24N2O2. The Morgan fingerprint density at radius 1 is 1.29 bits per heavy atom. The van der Waals surface area contributed by atoms with Crippen molar-refractivity contribution in [2.45, 2.75) is 32.5 Å². The van der Waals surface area contributed by atoms with E-state index in [1.165, 1.54) is 18.7 Å². The molecule has 1 aliphatic heterocycles. The zero-order chi connectivity index (χ0) is 15.2. The van der Waals surface area contributed by atoms with Gasteiger partial charge in [0.15, 0.2) is 0 Å². The minimum atomic E-state index is -0.331. The Hall–Kier alpha value is -1.65. The van der Waals surface area contributed by atoms with Gasteiger partial charge in [0.05, 0.1) is 7.11 Å². The molecule has 1 aromatic carbocycles. The van der Waals surface area contributed by atoms with Crippen LogP contribution in [0, 0.1) is 0 Å². The van der Waals surface area contributed by atoms with Crippen molar-refractivity contribution in [1.29, 1.82) is 0 Å². The Morgan fingerprint density at radius 3 is 2.48 bits per heavy atom. The van der Waals surface area contributed by atoms with E-state index in [2.05, 4.69) is 40.9 Å². The summed E-state index contributed by atoms with van der Waals surface area (Å²) >= 11 is 0. The van der Waals surface area contributed by atoms with Crippen LogP contribution in [-0.4, -0.2) is 43.2 Å². The van der Waals surface area contributed by atoms with Gasteiger partial charge in [0.25, 0.3) is 0 Å². The largest absolute Gasteiger partial charge is 0.466 e. The van der Waals surface area contributed by atoms with E-state index in [0.29, 0.717) is 12.1 Å². The number of ether oxygens (including phenoxy) is 1. The molecule has 114 valence electrons. The summed E-state index contributed by atoms with van der Waals surface area (Å²) in [5, 5.41) is 3.54. The molecule has 1 aromatic rings. The van der Waals surface area contributed by atoms with E-state index in [4.69, 9.17) is 0 Å². The molecular weight excluding hydrogens is 264 g/mol. The van der Waals surface area contributed by atoms with Crippen LogP contribution in [0.1, 0.15) is 25.0 Å². The number of nitrogens with one attached hydrogen (secondary N) is 1. The molecule has 2 atom stereocenters. The number of benzene rings is 1. The molecule has 1 heterocycles. The summed E-state index contributed by atoms with van der Waals surface area (Å²) in [4.78, 5) is 13.5. The van der Waals surface area contributed by atoms with Crippen molar-refractivity contribution in [3.63, 3.8) is 0 Å². The molecule has 1 fully saturated rings. The third-order valence-electron chi connectivity index (χ3n) is 3.63. The van der Waals surface area contributed by atoms with E-state index in [9.17, 15) is 4.79 Å². The van der Waals surface area contributed by atoms with E-state index in [-0.39, 0.29) is 5.97 Å². The Balaban J connectivity index is 1.93. The summed E-state index contributed by atoms with van der Waals surface area (Å²) in [7, 11) is 1.38. The zero-order valence-corrected chi connectivity index (χ0v) is 13.0.